The highest BCUT2D eigenvalue weighted by atomic mass is 35.5. The van der Waals surface area contributed by atoms with Crippen molar-refractivity contribution in [3.63, 3.8) is 0 Å². The first-order chi connectivity index (χ1) is 15.4. The number of hydrogen-bond acceptors (Lipinski definition) is 4. The number of halogens is 1. The molecule has 0 saturated carbocycles. The van der Waals surface area contributed by atoms with Gasteiger partial charge in [-0.15, -0.1) is 11.3 Å². The second-order valence-electron chi connectivity index (χ2n) is 7.74. The van der Waals surface area contributed by atoms with E-state index in [4.69, 9.17) is 11.6 Å². The van der Waals surface area contributed by atoms with Crippen molar-refractivity contribution in [1.29, 1.82) is 0 Å². The maximum absolute atomic E-state index is 13.5. The lowest BCUT2D eigenvalue weighted by atomic mass is 9.96. The molecule has 1 aliphatic rings. The standard InChI is InChI=1S/C25H23ClN2O3S/c1-16(29)28-14-13-19-21(15-28)32-25(23(19)24(31)18-9-5-6-10-20(18)26)27-22(30)12-11-17-7-3-2-4-8-17/h2-10H,11-15H2,1H3,(H,27,30). The van der Waals surface area contributed by atoms with Crippen molar-refractivity contribution in [3.05, 3.63) is 86.8 Å². The van der Waals surface area contributed by atoms with Crippen molar-refractivity contribution in [2.45, 2.75) is 32.7 Å². The van der Waals surface area contributed by atoms with Crippen LogP contribution in [0.15, 0.2) is 54.6 Å². The summed E-state index contributed by atoms with van der Waals surface area (Å²) in [5.41, 5.74) is 2.88. The largest absolute Gasteiger partial charge is 0.337 e. The van der Waals surface area contributed by atoms with Crippen LogP contribution < -0.4 is 5.32 Å². The summed E-state index contributed by atoms with van der Waals surface area (Å²) in [7, 11) is 0. The number of hydrogen-bond donors (Lipinski definition) is 1. The summed E-state index contributed by atoms with van der Waals surface area (Å²) in [6, 6.07) is 16.7. The Labute approximate surface area is 196 Å². The van der Waals surface area contributed by atoms with Crippen molar-refractivity contribution < 1.29 is 14.4 Å². The number of nitrogens with one attached hydrogen (secondary N) is 1. The molecule has 0 aliphatic carbocycles. The monoisotopic (exact) mass is 466 g/mol. The Bertz CT molecular complexity index is 1170. The first kappa shape index (κ1) is 22.2. The van der Waals surface area contributed by atoms with E-state index in [0.29, 0.717) is 53.5 Å². The summed E-state index contributed by atoms with van der Waals surface area (Å²) < 4.78 is 0. The van der Waals surface area contributed by atoms with Gasteiger partial charge >= 0.3 is 0 Å². The van der Waals surface area contributed by atoms with Gasteiger partial charge in [0.2, 0.25) is 11.8 Å². The molecule has 2 aromatic carbocycles. The van der Waals surface area contributed by atoms with Crippen LogP contribution in [-0.2, 0) is 29.0 Å². The van der Waals surface area contributed by atoms with Gasteiger partial charge in [0.05, 0.1) is 17.1 Å². The molecular weight excluding hydrogens is 444 g/mol. The summed E-state index contributed by atoms with van der Waals surface area (Å²) in [6.07, 6.45) is 1.49. The Morgan fingerprint density at radius 3 is 2.50 bits per heavy atom. The van der Waals surface area contributed by atoms with Crippen molar-refractivity contribution >= 4 is 45.5 Å². The van der Waals surface area contributed by atoms with Crippen LogP contribution in [0.3, 0.4) is 0 Å². The molecular formula is C25H23ClN2O3S. The molecule has 0 spiro atoms. The van der Waals surface area contributed by atoms with Gasteiger partial charge in [0.15, 0.2) is 5.78 Å². The molecule has 0 bridgehead atoms. The highest BCUT2D eigenvalue weighted by molar-refractivity contribution is 7.17. The predicted molar refractivity (Wildman–Crippen MR) is 127 cm³/mol. The Morgan fingerprint density at radius 1 is 1.06 bits per heavy atom. The fraction of sp³-hybridized carbons (Fsp3) is 0.240. The molecule has 1 N–H and O–H groups in total. The number of aryl methyl sites for hydroxylation is 1. The molecule has 164 valence electrons. The van der Waals surface area contributed by atoms with E-state index in [-0.39, 0.29) is 17.6 Å². The number of fused-ring (bicyclic) bond motifs is 1. The molecule has 0 atom stereocenters. The van der Waals surface area contributed by atoms with Gasteiger partial charge in [0.25, 0.3) is 0 Å². The highest BCUT2D eigenvalue weighted by Crippen LogP contribution is 2.39. The SMILES string of the molecule is CC(=O)N1CCc2c(sc(NC(=O)CCc3ccccc3)c2C(=O)c2ccccc2Cl)C1. The average Bonchev–Trinajstić information content (AvgIpc) is 3.15. The van der Waals surface area contributed by atoms with Crippen LogP contribution in [0.2, 0.25) is 5.02 Å². The van der Waals surface area contributed by atoms with E-state index in [9.17, 15) is 14.4 Å². The fourth-order valence-electron chi connectivity index (χ4n) is 3.87. The van der Waals surface area contributed by atoms with Crippen molar-refractivity contribution in [3.8, 4) is 0 Å². The minimum atomic E-state index is -0.206. The smallest absolute Gasteiger partial charge is 0.225 e. The Morgan fingerprint density at radius 2 is 1.78 bits per heavy atom. The van der Waals surface area contributed by atoms with Crippen LogP contribution in [0.4, 0.5) is 5.00 Å². The maximum atomic E-state index is 13.5. The Hall–Kier alpha value is -2.96. The van der Waals surface area contributed by atoms with Crippen LogP contribution in [0.25, 0.3) is 0 Å². The zero-order valence-electron chi connectivity index (χ0n) is 17.7. The van der Waals surface area contributed by atoms with Gasteiger partial charge < -0.3 is 10.2 Å². The van der Waals surface area contributed by atoms with E-state index < -0.39 is 0 Å². The lowest BCUT2D eigenvalue weighted by Crippen LogP contribution is -2.33. The van der Waals surface area contributed by atoms with E-state index in [1.54, 1.807) is 36.1 Å². The van der Waals surface area contributed by atoms with Crippen LogP contribution in [0, 0.1) is 0 Å². The number of carbonyl (C=O) groups is 3. The molecule has 0 radical (unpaired) electrons. The fourth-order valence-corrected chi connectivity index (χ4v) is 5.37. The Kier molecular flexibility index (Phi) is 6.72. The third-order valence-corrected chi connectivity index (χ3v) is 7.05. The summed E-state index contributed by atoms with van der Waals surface area (Å²) in [4.78, 5) is 40.8. The number of anilines is 1. The lowest BCUT2D eigenvalue weighted by Gasteiger charge is -2.26. The number of thiophene rings is 1. The number of carbonyl (C=O) groups excluding carboxylic acids is 3. The molecule has 1 aromatic heterocycles. The number of nitrogens with zero attached hydrogens (tertiary/aromatic N) is 1. The minimum absolute atomic E-state index is 0.00326. The van der Waals surface area contributed by atoms with Crippen LogP contribution in [0.1, 0.15) is 45.3 Å². The first-order valence-electron chi connectivity index (χ1n) is 10.5. The third-order valence-electron chi connectivity index (χ3n) is 5.58. The highest BCUT2D eigenvalue weighted by Gasteiger charge is 2.30. The van der Waals surface area contributed by atoms with Gasteiger partial charge in [-0.2, -0.15) is 0 Å². The molecule has 2 heterocycles. The average molecular weight is 467 g/mol. The van der Waals surface area contributed by atoms with E-state index in [0.717, 1.165) is 16.0 Å². The normalized spacial score (nSPS) is 12.9. The van der Waals surface area contributed by atoms with Crippen LogP contribution in [-0.4, -0.2) is 29.0 Å². The van der Waals surface area contributed by atoms with Gasteiger partial charge in [-0.25, -0.2) is 0 Å². The first-order valence-corrected chi connectivity index (χ1v) is 11.7. The predicted octanol–water partition coefficient (Wildman–Crippen LogP) is 5.11. The topological polar surface area (TPSA) is 66.5 Å². The molecule has 2 amide bonds. The molecule has 4 rings (SSSR count). The third kappa shape index (κ3) is 4.76. The summed E-state index contributed by atoms with van der Waals surface area (Å²) in [5, 5.41) is 3.87. The molecule has 3 aromatic rings. The van der Waals surface area contributed by atoms with Crippen molar-refractivity contribution in [1.82, 2.24) is 4.90 Å². The van der Waals surface area contributed by atoms with Crippen molar-refractivity contribution in [2.24, 2.45) is 0 Å². The van der Waals surface area contributed by atoms with E-state index in [1.165, 1.54) is 11.3 Å². The summed E-state index contributed by atoms with van der Waals surface area (Å²) in [5.74, 6) is -0.358. The molecule has 5 nitrogen and oxygen atoms in total. The van der Waals surface area contributed by atoms with E-state index in [2.05, 4.69) is 5.32 Å². The number of benzene rings is 2. The number of amides is 2. The quantitative estimate of drug-likeness (QED) is 0.513. The van der Waals surface area contributed by atoms with Gasteiger partial charge in [-0.1, -0.05) is 54.1 Å². The molecule has 0 unspecified atom stereocenters. The van der Waals surface area contributed by atoms with E-state index >= 15 is 0 Å². The molecule has 32 heavy (non-hydrogen) atoms. The van der Waals surface area contributed by atoms with Crippen LogP contribution >= 0.6 is 22.9 Å². The van der Waals surface area contributed by atoms with Gasteiger partial charge in [-0.3, -0.25) is 14.4 Å². The van der Waals surface area contributed by atoms with Gasteiger partial charge in [-0.05, 0) is 36.1 Å². The van der Waals surface area contributed by atoms with Crippen molar-refractivity contribution in [2.75, 3.05) is 11.9 Å². The molecule has 0 fully saturated rings. The van der Waals surface area contributed by atoms with E-state index in [1.807, 2.05) is 30.3 Å². The molecule has 0 saturated heterocycles. The summed E-state index contributed by atoms with van der Waals surface area (Å²) in [6.45, 7) is 2.53. The molecule has 1 aliphatic heterocycles. The summed E-state index contributed by atoms with van der Waals surface area (Å²) >= 11 is 7.67. The van der Waals surface area contributed by atoms with Gasteiger partial charge in [0, 0.05) is 30.3 Å². The second kappa shape index (κ2) is 9.67. The van der Waals surface area contributed by atoms with Crippen LogP contribution in [0.5, 0.6) is 0 Å². The minimum Gasteiger partial charge on any atom is -0.337 e. The van der Waals surface area contributed by atoms with Gasteiger partial charge in [0.1, 0.15) is 5.00 Å². The number of rotatable bonds is 6. The lowest BCUT2D eigenvalue weighted by molar-refractivity contribution is -0.129. The molecule has 7 heteroatoms. The maximum Gasteiger partial charge on any atom is 0.225 e. The zero-order chi connectivity index (χ0) is 22.7. The zero-order valence-corrected chi connectivity index (χ0v) is 19.3. The Balaban J connectivity index is 1.63. The number of ketones is 1. The second-order valence-corrected chi connectivity index (χ2v) is 9.25.